The van der Waals surface area contributed by atoms with Crippen LogP contribution in [0.3, 0.4) is 0 Å². The maximum atomic E-state index is 13.0. The van der Waals surface area contributed by atoms with E-state index in [1.165, 1.54) is 22.6 Å². The number of morpholine rings is 1. The first-order valence-corrected chi connectivity index (χ1v) is 7.90. The summed E-state index contributed by atoms with van der Waals surface area (Å²) in [6.07, 6.45) is 3.02. The zero-order chi connectivity index (χ0) is 14.2. The first kappa shape index (κ1) is 13.0. The Labute approximate surface area is 126 Å². The number of aromatic nitrogens is 1. The topological polar surface area (TPSA) is 25.4 Å². The van der Waals surface area contributed by atoms with Crippen molar-refractivity contribution in [2.24, 2.45) is 0 Å². The lowest BCUT2D eigenvalue weighted by Gasteiger charge is -2.26. The summed E-state index contributed by atoms with van der Waals surface area (Å²) < 4.78 is 18.4. The number of benzene rings is 1. The van der Waals surface area contributed by atoms with Gasteiger partial charge in [0.15, 0.2) is 5.13 Å². The molecule has 1 aromatic heterocycles. The van der Waals surface area contributed by atoms with Crippen LogP contribution in [-0.4, -0.2) is 31.3 Å². The van der Waals surface area contributed by atoms with Crippen LogP contribution >= 0.6 is 11.3 Å². The first-order valence-electron chi connectivity index (χ1n) is 7.08. The van der Waals surface area contributed by atoms with E-state index in [0.29, 0.717) is 0 Å². The molecule has 4 rings (SSSR count). The Bertz CT molecular complexity index is 687. The summed E-state index contributed by atoms with van der Waals surface area (Å²) in [5, 5.41) is 1.10. The third-order valence-corrected chi connectivity index (χ3v) is 4.98. The molecule has 1 fully saturated rings. The summed E-state index contributed by atoms with van der Waals surface area (Å²) in [7, 11) is 0. The number of thiazole rings is 1. The third-order valence-electron chi connectivity index (χ3n) is 3.88. The third kappa shape index (κ3) is 2.47. The molecule has 1 aliphatic heterocycles. The van der Waals surface area contributed by atoms with Gasteiger partial charge in [0.05, 0.1) is 23.8 Å². The number of hydrogen-bond donors (Lipinski definition) is 0. The van der Waals surface area contributed by atoms with Gasteiger partial charge in [0.25, 0.3) is 0 Å². The van der Waals surface area contributed by atoms with Crippen molar-refractivity contribution in [2.45, 2.75) is 6.42 Å². The van der Waals surface area contributed by atoms with Crippen LogP contribution in [-0.2, 0) is 11.2 Å². The molecule has 1 aromatic carbocycles. The minimum absolute atomic E-state index is 0.195. The van der Waals surface area contributed by atoms with Crippen LogP contribution in [0.1, 0.15) is 16.1 Å². The molecule has 1 aliphatic carbocycles. The molecule has 5 heteroatoms. The van der Waals surface area contributed by atoms with Crippen LogP contribution in [0.4, 0.5) is 9.52 Å². The second kappa shape index (κ2) is 5.24. The Morgan fingerprint density at radius 1 is 1.14 bits per heavy atom. The monoisotopic (exact) mass is 302 g/mol. The fourth-order valence-electron chi connectivity index (χ4n) is 2.72. The fourth-order valence-corrected chi connectivity index (χ4v) is 3.82. The number of rotatable bonds is 2. The highest BCUT2D eigenvalue weighted by Crippen LogP contribution is 2.37. The zero-order valence-corrected chi connectivity index (χ0v) is 12.3. The van der Waals surface area contributed by atoms with Crippen molar-refractivity contribution in [3.05, 3.63) is 46.2 Å². The molecule has 0 N–H and O–H groups in total. The van der Waals surface area contributed by atoms with Gasteiger partial charge in [0, 0.05) is 19.5 Å². The van der Waals surface area contributed by atoms with Gasteiger partial charge in [-0.3, -0.25) is 0 Å². The Hall–Kier alpha value is -1.72. The largest absolute Gasteiger partial charge is 0.378 e. The van der Waals surface area contributed by atoms with E-state index in [0.717, 1.165) is 49.1 Å². The van der Waals surface area contributed by atoms with Gasteiger partial charge < -0.3 is 9.64 Å². The van der Waals surface area contributed by atoms with E-state index in [1.54, 1.807) is 11.3 Å². The molecule has 0 atom stereocenters. The fraction of sp³-hybridized carbons (Fsp3) is 0.312. The molecule has 2 aliphatic rings. The van der Waals surface area contributed by atoms with Crippen LogP contribution in [0, 0.1) is 5.82 Å². The molecule has 0 radical (unpaired) electrons. The van der Waals surface area contributed by atoms with Crippen LogP contribution < -0.4 is 4.90 Å². The highest BCUT2D eigenvalue weighted by molar-refractivity contribution is 7.16. The van der Waals surface area contributed by atoms with Gasteiger partial charge in [0.1, 0.15) is 5.82 Å². The Morgan fingerprint density at radius 2 is 1.90 bits per heavy atom. The molecule has 2 heterocycles. The molecule has 21 heavy (non-hydrogen) atoms. The molecular formula is C16H15FN2OS. The Balaban J connectivity index is 1.58. The summed E-state index contributed by atoms with van der Waals surface area (Å²) in [6, 6.07) is 6.69. The number of nitrogens with zero attached hydrogens (tertiary/aromatic N) is 2. The number of allylic oxidation sites excluding steroid dienone is 1. The van der Waals surface area contributed by atoms with Crippen molar-refractivity contribution in [1.29, 1.82) is 0 Å². The van der Waals surface area contributed by atoms with Gasteiger partial charge >= 0.3 is 0 Å². The van der Waals surface area contributed by atoms with Crippen molar-refractivity contribution in [2.75, 3.05) is 31.2 Å². The lowest BCUT2D eigenvalue weighted by Crippen LogP contribution is -2.36. The van der Waals surface area contributed by atoms with Gasteiger partial charge in [-0.15, -0.1) is 0 Å². The average molecular weight is 302 g/mol. The highest BCUT2D eigenvalue weighted by atomic mass is 32.1. The second-order valence-electron chi connectivity index (χ2n) is 5.26. The molecule has 0 saturated carbocycles. The van der Waals surface area contributed by atoms with E-state index >= 15 is 0 Å². The van der Waals surface area contributed by atoms with E-state index in [1.807, 2.05) is 12.1 Å². The minimum Gasteiger partial charge on any atom is -0.378 e. The van der Waals surface area contributed by atoms with E-state index in [-0.39, 0.29) is 5.82 Å². The van der Waals surface area contributed by atoms with Gasteiger partial charge in [-0.05, 0) is 29.3 Å². The zero-order valence-electron chi connectivity index (χ0n) is 11.5. The molecule has 108 valence electrons. The number of hydrogen-bond acceptors (Lipinski definition) is 4. The number of anilines is 1. The van der Waals surface area contributed by atoms with Crippen LogP contribution in [0.2, 0.25) is 0 Å². The maximum absolute atomic E-state index is 13.0. The normalized spacial score (nSPS) is 17.8. The smallest absolute Gasteiger partial charge is 0.186 e. The van der Waals surface area contributed by atoms with Crippen LogP contribution in [0.25, 0.3) is 11.6 Å². The summed E-state index contributed by atoms with van der Waals surface area (Å²) >= 11 is 1.74. The van der Waals surface area contributed by atoms with Crippen molar-refractivity contribution in [3.63, 3.8) is 0 Å². The minimum atomic E-state index is -0.195. The quantitative estimate of drug-likeness (QED) is 0.852. The molecule has 0 unspecified atom stereocenters. The number of ether oxygens (including phenoxy) is 1. The molecule has 3 nitrogen and oxygen atoms in total. The standard InChI is InChI=1S/C16H15FN2OS/c17-13-3-1-11(2-4-13)12-9-14-15(10-12)21-16(18-14)19-5-7-20-8-6-19/h1-4,10H,5-9H2. The molecular weight excluding hydrogens is 287 g/mol. The predicted octanol–water partition coefficient (Wildman–Crippen LogP) is 3.22. The van der Waals surface area contributed by atoms with Crippen molar-refractivity contribution in [3.8, 4) is 0 Å². The number of fused-ring (bicyclic) bond motifs is 1. The van der Waals surface area contributed by atoms with Gasteiger partial charge in [0.2, 0.25) is 0 Å². The molecule has 2 aromatic rings. The van der Waals surface area contributed by atoms with E-state index in [4.69, 9.17) is 9.72 Å². The van der Waals surface area contributed by atoms with Gasteiger partial charge in [-0.25, -0.2) is 9.37 Å². The maximum Gasteiger partial charge on any atom is 0.186 e. The SMILES string of the molecule is Fc1ccc(C2=Cc3sc(N4CCOCC4)nc3C2)cc1. The van der Waals surface area contributed by atoms with E-state index < -0.39 is 0 Å². The lowest BCUT2D eigenvalue weighted by atomic mass is 10.1. The average Bonchev–Trinajstić information content (AvgIpc) is 3.07. The van der Waals surface area contributed by atoms with Crippen molar-refractivity contribution in [1.82, 2.24) is 4.98 Å². The van der Waals surface area contributed by atoms with Gasteiger partial charge in [-0.2, -0.15) is 0 Å². The Kier molecular flexibility index (Phi) is 3.24. The lowest BCUT2D eigenvalue weighted by molar-refractivity contribution is 0.122. The highest BCUT2D eigenvalue weighted by Gasteiger charge is 2.22. The molecule has 1 saturated heterocycles. The van der Waals surface area contributed by atoms with Crippen LogP contribution in [0.5, 0.6) is 0 Å². The second-order valence-corrected chi connectivity index (χ2v) is 6.27. The van der Waals surface area contributed by atoms with Crippen molar-refractivity contribution < 1.29 is 9.13 Å². The molecule has 0 amide bonds. The number of halogens is 1. The summed E-state index contributed by atoms with van der Waals surface area (Å²) in [5.74, 6) is -0.195. The van der Waals surface area contributed by atoms with Gasteiger partial charge in [-0.1, -0.05) is 23.5 Å². The summed E-state index contributed by atoms with van der Waals surface area (Å²) in [6.45, 7) is 3.39. The van der Waals surface area contributed by atoms with E-state index in [9.17, 15) is 4.39 Å². The van der Waals surface area contributed by atoms with Crippen molar-refractivity contribution >= 4 is 28.1 Å². The molecule has 0 spiro atoms. The molecule has 0 bridgehead atoms. The van der Waals surface area contributed by atoms with Crippen LogP contribution in [0.15, 0.2) is 24.3 Å². The predicted molar refractivity (Wildman–Crippen MR) is 83.1 cm³/mol. The summed E-state index contributed by atoms with van der Waals surface area (Å²) in [4.78, 5) is 8.29. The Morgan fingerprint density at radius 3 is 2.62 bits per heavy atom. The first-order chi connectivity index (χ1) is 10.3. The summed E-state index contributed by atoms with van der Waals surface area (Å²) in [5.41, 5.74) is 3.44. The van der Waals surface area contributed by atoms with E-state index in [2.05, 4.69) is 11.0 Å².